The maximum Gasteiger partial charge on any atom is 0.306 e. The molecule has 0 unspecified atom stereocenters. The zero-order chi connectivity index (χ0) is 22.4. The van der Waals surface area contributed by atoms with Gasteiger partial charge in [-0.1, -0.05) is 13.3 Å². The number of aliphatic carboxylic acids is 1. The summed E-state index contributed by atoms with van der Waals surface area (Å²) in [6.45, 7) is 2.31. The number of pyridine rings is 1. The van der Waals surface area contributed by atoms with Crippen LogP contribution in [0.5, 0.6) is 5.88 Å². The number of rotatable bonds is 10. The van der Waals surface area contributed by atoms with E-state index in [4.69, 9.17) is 10.5 Å². The Morgan fingerprint density at radius 1 is 1.29 bits per heavy atom. The predicted molar refractivity (Wildman–Crippen MR) is 115 cm³/mol. The number of hydrogen-bond acceptors (Lipinski definition) is 7. The van der Waals surface area contributed by atoms with Crippen molar-refractivity contribution in [2.45, 2.75) is 32.6 Å². The Morgan fingerprint density at radius 3 is 2.81 bits per heavy atom. The third-order valence-corrected chi connectivity index (χ3v) is 5.07. The minimum Gasteiger partial charge on any atom is -0.481 e. The van der Waals surface area contributed by atoms with Gasteiger partial charge in [0.05, 0.1) is 24.3 Å². The maximum atomic E-state index is 12.9. The number of nitrogens with one attached hydrogen (secondary N) is 1. The lowest BCUT2D eigenvalue weighted by Crippen LogP contribution is -2.25. The van der Waals surface area contributed by atoms with Crippen molar-refractivity contribution < 1.29 is 19.4 Å². The van der Waals surface area contributed by atoms with Gasteiger partial charge >= 0.3 is 5.97 Å². The molecule has 10 nitrogen and oxygen atoms in total. The molecule has 0 aromatic carbocycles. The van der Waals surface area contributed by atoms with E-state index in [9.17, 15) is 14.7 Å². The molecular formula is C21H26N6O4. The highest BCUT2D eigenvalue weighted by atomic mass is 16.5. The lowest BCUT2D eigenvalue weighted by atomic mass is 9.98. The molecule has 0 radical (unpaired) electrons. The first-order valence-electron chi connectivity index (χ1n) is 10.1. The number of nitrogens with zero attached hydrogens (tertiary/aromatic N) is 4. The van der Waals surface area contributed by atoms with Crippen LogP contribution in [0.1, 0.15) is 43.0 Å². The van der Waals surface area contributed by atoms with E-state index in [0.29, 0.717) is 48.5 Å². The zero-order valence-corrected chi connectivity index (χ0v) is 17.5. The standard InChI is InChI=1S/C21H26N6O4/c1-3-5-13(21(29)30)6-4-8-24-20(28)15-11-16(14-7-9-23-17(10-14)31-2)27-18(15)19(22)25-12-26-27/h7,9-13H,3-6,8H2,1-2H3,(H,24,28)(H,29,30)(H2,22,25,26)/t13-/m1/s1. The van der Waals surface area contributed by atoms with Crippen LogP contribution in [0, 0.1) is 5.92 Å². The molecule has 1 amide bonds. The summed E-state index contributed by atoms with van der Waals surface area (Å²) in [5.74, 6) is -0.904. The summed E-state index contributed by atoms with van der Waals surface area (Å²) < 4.78 is 6.75. The van der Waals surface area contributed by atoms with Gasteiger partial charge in [0.25, 0.3) is 5.91 Å². The number of methoxy groups -OCH3 is 1. The van der Waals surface area contributed by atoms with Crippen LogP contribution in [0.25, 0.3) is 16.8 Å². The van der Waals surface area contributed by atoms with Gasteiger partial charge in [-0.2, -0.15) is 5.10 Å². The van der Waals surface area contributed by atoms with Crippen molar-refractivity contribution in [3.8, 4) is 17.1 Å². The summed E-state index contributed by atoms with van der Waals surface area (Å²) >= 11 is 0. The number of amides is 1. The number of ether oxygens (including phenoxy) is 1. The molecule has 0 bridgehead atoms. The Hall–Kier alpha value is -3.69. The van der Waals surface area contributed by atoms with Crippen molar-refractivity contribution in [2.75, 3.05) is 19.4 Å². The quantitative estimate of drug-likeness (QED) is 0.419. The average Bonchev–Trinajstić information content (AvgIpc) is 3.17. The monoisotopic (exact) mass is 426 g/mol. The second-order valence-corrected chi connectivity index (χ2v) is 7.16. The molecule has 0 saturated heterocycles. The lowest BCUT2D eigenvalue weighted by molar-refractivity contribution is -0.142. The number of carboxylic acid groups (broad SMARTS) is 1. The first-order chi connectivity index (χ1) is 15.0. The molecular weight excluding hydrogens is 400 g/mol. The first-order valence-corrected chi connectivity index (χ1v) is 10.1. The summed E-state index contributed by atoms with van der Waals surface area (Å²) in [6, 6.07) is 5.22. The molecule has 0 fully saturated rings. The molecule has 10 heteroatoms. The minimum atomic E-state index is -0.797. The van der Waals surface area contributed by atoms with Crippen LogP contribution in [-0.4, -0.2) is 50.2 Å². The Balaban J connectivity index is 1.82. The molecule has 4 N–H and O–H groups in total. The van der Waals surface area contributed by atoms with E-state index in [-0.39, 0.29) is 11.7 Å². The van der Waals surface area contributed by atoms with E-state index >= 15 is 0 Å². The molecule has 0 saturated carbocycles. The normalized spacial score (nSPS) is 11.9. The van der Waals surface area contributed by atoms with Crippen LogP contribution < -0.4 is 15.8 Å². The zero-order valence-electron chi connectivity index (χ0n) is 17.5. The summed E-state index contributed by atoms with van der Waals surface area (Å²) in [4.78, 5) is 32.3. The third-order valence-electron chi connectivity index (χ3n) is 5.07. The number of carbonyl (C=O) groups is 2. The average molecular weight is 426 g/mol. The van der Waals surface area contributed by atoms with Gasteiger partial charge in [-0.15, -0.1) is 0 Å². The van der Waals surface area contributed by atoms with Gasteiger partial charge in [-0.25, -0.2) is 14.5 Å². The fraction of sp³-hybridized carbons (Fsp3) is 0.381. The van der Waals surface area contributed by atoms with E-state index in [0.717, 1.165) is 12.0 Å². The summed E-state index contributed by atoms with van der Waals surface area (Å²) in [6.07, 6.45) is 5.43. The highest BCUT2D eigenvalue weighted by Crippen LogP contribution is 2.29. The molecule has 0 spiro atoms. The maximum absolute atomic E-state index is 12.9. The van der Waals surface area contributed by atoms with Crippen LogP contribution in [0.3, 0.4) is 0 Å². The molecule has 164 valence electrons. The van der Waals surface area contributed by atoms with E-state index in [1.807, 2.05) is 6.92 Å². The topological polar surface area (TPSA) is 145 Å². The van der Waals surface area contributed by atoms with E-state index in [2.05, 4.69) is 20.4 Å². The highest BCUT2D eigenvalue weighted by molar-refractivity contribution is 6.05. The minimum absolute atomic E-state index is 0.182. The fourth-order valence-corrected chi connectivity index (χ4v) is 3.51. The Kier molecular flexibility index (Phi) is 7.01. The van der Waals surface area contributed by atoms with Gasteiger partial charge in [-0.05, 0) is 31.4 Å². The summed E-state index contributed by atoms with van der Waals surface area (Å²) in [7, 11) is 1.52. The van der Waals surface area contributed by atoms with Crippen molar-refractivity contribution in [1.29, 1.82) is 0 Å². The van der Waals surface area contributed by atoms with Crippen molar-refractivity contribution in [3.05, 3.63) is 36.3 Å². The molecule has 0 aliphatic rings. The first kappa shape index (κ1) is 22.0. The van der Waals surface area contributed by atoms with Gasteiger partial charge < -0.3 is 20.9 Å². The van der Waals surface area contributed by atoms with Crippen molar-refractivity contribution in [3.63, 3.8) is 0 Å². The summed E-state index contributed by atoms with van der Waals surface area (Å²) in [5.41, 5.74) is 8.19. The Morgan fingerprint density at radius 2 is 2.10 bits per heavy atom. The van der Waals surface area contributed by atoms with Crippen LogP contribution >= 0.6 is 0 Å². The Bertz CT molecular complexity index is 1080. The van der Waals surface area contributed by atoms with Crippen LogP contribution in [-0.2, 0) is 4.79 Å². The number of anilines is 1. The molecule has 0 aliphatic heterocycles. The second-order valence-electron chi connectivity index (χ2n) is 7.16. The third kappa shape index (κ3) is 4.90. The second kappa shape index (κ2) is 9.88. The van der Waals surface area contributed by atoms with Crippen molar-refractivity contribution >= 4 is 23.2 Å². The lowest BCUT2D eigenvalue weighted by Gasteiger charge is -2.11. The molecule has 1 atom stereocenters. The molecule has 31 heavy (non-hydrogen) atoms. The summed E-state index contributed by atoms with van der Waals surface area (Å²) in [5, 5.41) is 16.4. The molecule has 0 aliphatic carbocycles. The van der Waals surface area contributed by atoms with E-state index in [1.54, 1.807) is 28.9 Å². The van der Waals surface area contributed by atoms with Gasteiger partial charge in [0, 0.05) is 24.4 Å². The van der Waals surface area contributed by atoms with Crippen molar-refractivity contribution in [2.24, 2.45) is 5.92 Å². The van der Waals surface area contributed by atoms with E-state index < -0.39 is 11.9 Å². The molecule has 3 rings (SSSR count). The van der Waals surface area contributed by atoms with E-state index in [1.165, 1.54) is 13.4 Å². The van der Waals surface area contributed by atoms with Crippen LogP contribution in [0.15, 0.2) is 30.7 Å². The Labute approximate surface area is 179 Å². The number of aromatic nitrogens is 4. The van der Waals surface area contributed by atoms with Gasteiger partial charge in [0.15, 0.2) is 5.82 Å². The smallest absolute Gasteiger partial charge is 0.306 e. The SMILES string of the molecule is CCC[C@H](CCCNC(=O)c1cc(-c2ccnc(OC)c2)n2ncnc(N)c12)C(=O)O. The van der Waals surface area contributed by atoms with Crippen LogP contribution in [0.2, 0.25) is 0 Å². The van der Waals surface area contributed by atoms with Gasteiger partial charge in [0.1, 0.15) is 11.8 Å². The number of fused-ring (bicyclic) bond motifs is 1. The van der Waals surface area contributed by atoms with Crippen LogP contribution in [0.4, 0.5) is 5.82 Å². The van der Waals surface area contributed by atoms with Crippen molar-refractivity contribution in [1.82, 2.24) is 24.9 Å². The number of nitrogen functional groups attached to an aromatic ring is 1. The predicted octanol–water partition coefficient (Wildman–Crippen LogP) is 2.39. The molecule has 3 aromatic heterocycles. The highest BCUT2D eigenvalue weighted by Gasteiger charge is 2.21. The van der Waals surface area contributed by atoms with Gasteiger partial charge in [0.2, 0.25) is 5.88 Å². The number of hydrogen-bond donors (Lipinski definition) is 3. The largest absolute Gasteiger partial charge is 0.481 e. The fourth-order valence-electron chi connectivity index (χ4n) is 3.51. The van der Waals surface area contributed by atoms with Gasteiger partial charge in [-0.3, -0.25) is 9.59 Å². The number of carboxylic acids is 1. The number of nitrogens with two attached hydrogens (primary N) is 1. The molecule has 3 aromatic rings. The molecule has 3 heterocycles. The number of carbonyl (C=O) groups excluding carboxylic acids is 1.